The molecule has 5 heterocycles. The SMILES string of the molecule is CCc1c(F)ccc2cc(O)cc(-c3c(F)cc4c(N5CCCC6(CCO6)C5)nc(OCC5(CN6C[C@H]7C[C@@H]6CO7)CC5)nc4c3F)c12. The van der Waals surface area contributed by atoms with E-state index in [1.54, 1.807) is 6.92 Å². The molecule has 1 saturated carbocycles. The van der Waals surface area contributed by atoms with E-state index in [0.29, 0.717) is 67.0 Å². The molecule has 9 rings (SSSR count). The summed E-state index contributed by atoms with van der Waals surface area (Å²) < 4.78 is 66.5. The number of phenols is 1. The number of hydrogen-bond acceptors (Lipinski definition) is 8. The summed E-state index contributed by atoms with van der Waals surface area (Å²) in [6.45, 7) is 6.72. The molecule has 0 radical (unpaired) electrons. The third-order valence-electron chi connectivity index (χ3n) is 11.4. The zero-order valence-corrected chi connectivity index (χ0v) is 27.0. The molecule has 8 nitrogen and oxygen atoms in total. The molecule has 1 N–H and O–H groups in total. The second kappa shape index (κ2) is 11.2. The van der Waals surface area contributed by atoms with E-state index in [9.17, 15) is 5.11 Å². The number of benzene rings is 3. The summed E-state index contributed by atoms with van der Waals surface area (Å²) in [7, 11) is 0. The van der Waals surface area contributed by atoms with Gasteiger partial charge in [-0.15, -0.1) is 0 Å². The minimum absolute atomic E-state index is 0.0223. The first-order valence-electron chi connectivity index (χ1n) is 17.3. The number of phenolic OH excluding ortho intramolecular Hbond substituents is 1. The number of anilines is 1. The average molecular weight is 661 g/mol. The van der Waals surface area contributed by atoms with Crippen LogP contribution in [0, 0.1) is 22.9 Å². The van der Waals surface area contributed by atoms with Gasteiger partial charge in [-0.1, -0.05) is 13.0 Å². The van der Waals surface area contributed by atoms with E-state index in [4.69, 9.17) is 19.2 Å². The number of nitrogens with zero attached hydrogens (tertiary/aromatic N) is 4. The van der Waals surface area contributed by atoms with E-state index in [2.05, 4.69) is 9.88 Å². The van der Waals surface area contributed by atoms with E-state index in [1.807, 2.05) is 4.90 Å². The molecule has 4 aromatic rings. The molecule has 3 atom stereocenters. The van der Waals surface area contributed by atoms with Crippen LogP contribution in [-0.4, -0.2) is 83.7 Å². The molecular formula is C37H39F3N4O4. The zero-order chi connectivity index (χ0) is 32.8. The van der Waals surface area contributed by atoms with E-state index in [0.717, 1.165) is 58.2 Å². The van der Waals surface area contributed by atoms with Gasteiger partial charge in [-0.3, -0.25) is 4.90 Å². The van der Waals surface area contributed by atoms with Crippen LogP contribution in [0.5, 0.6) is 11.8 Å². The summed E-state index contributed by atoms with van der Waals surface area (Å²) in [5.41, 5.74) is -0.370. The lowest BCUT2D eigenvalue weighted by molar-refractivity contribution is -0.151. The Labute approximate surface area is 276 Å². The number of aromatic nitrogens is 2. The summed E-state index contributed by atoms with van der Waals surface area (Å²) in [5, 5.41) is 11.7. The maximum Gasteiger partial charge on any atom is 0.319 e. The van der Waals surface area contributed by atoms with Crippen molar-refractivity contribution in [3.63, 3.8) is 0 Å². The van der Waals surface area contributed by atoms with Gasteiger partial charge < -0.3 is 24.2 Å². The lowest BCUT2D eigenvalue weighted by Gasteiger charge is -2.48. The molecule has 252 valence electrons. The number of likely N-dealkylation sites (tertiary alicyclic amines) is 1. The van der Waals surface area contributed by atoms with Crippen LogP contribution in [-0.2, 0) is 15.9 Å². The number of rotatable bonds is 8. The molecule has 0 amide bonds. The second-order valence-electron chi connectivity index (χ2n) is 14.6. The molecule has 4 aliphatic heterocycles. The summed E-state index contributed by atoms with van der Waals surface area (Å²) >= 11 is 0. The summed E-state index contributed by atoms with van der Waals surface area (Å²) in [6.07, 6.45) is 6.46. The van der Waals surface area contributed by atoms with Crippen molar-refractivity contribution in [3.05, 3.63) is 53.3 Å². The van der Waals surface area contributed by atoms with Crippen molar-refractivity contribution in [1.82, 2.24) is 14.9 Å². The van der Waals surface area contributed by atoms with E-state index < -0.39 is 17.5 Å². The number of morpholine rings is 1. The topological polar surface area (TPSA) is 80.2 Å². The number of aryl methyl sites for hydroxylation is 1. The highest BCUT2D eigenvalue weighted by Gasteiger charge is 2.49. The van der Waals surface area contributed by atoms with Crippen molar-refractivity contribution in [2.24, 2.45) is 5.41 Å². The molecule has 1 aliphatic carbocycles. The Morgan fingerprint density at radius 1 is 1.06 bits per heavy atom. The molecule has 1 spiro atoms. The van der Waals surface area contributed by atoms with Crippen molar-refractivity contribution in [2.45, 2.75) is 69.6 Å². The van der Waals surface area contributed by atoms with Crippen LogP contribution < -0.4 is 9.64 Å². The minimum atomic E-state index is -0.905. The van der Waals surface area contributed by atoms with Crippen LogP contribution in [0.4, 0.5) is 19.0 Å². The van der Waals surface area contributed by atoms with Gasteiger partial charge in [0.25, 0.3) is 0 Å². The lowest BCUT2D eigenvalue weighted by atomic mass is 9.85. The first-order chi connectivity index (χ1) is 23.2. The molecule has 1 unspecified atom stereocenters. The van der Waals surface area contributed by atoms with Crippen molar-refractivity contribution >= 4 is 27.5 Å². The van der Waals surface area contributed by atoms with E-state index in [-0.39, 0.29) is 44.8 Å². The Bertz CT molecular complexity index is 1950. The average Bonchev–Trinajstić information content (AvgIpc) is 3.49. The monoisotopic (exact) mass is 660 g/mol. The number of aromatic hydroxyl groups is 1. The number of ether oxygens (including phenoxy) is 3. The molecule has 2 bridgehead atoms. The molecule has 11 heteroatoms. The predicted octanol–water partition coefficient (Wildman–Crippen LogP) is 6.53. The fourth-order valence-electron chi connectivity index (χ4n) is 8.59. The number of hydrogen-bond donors (Lipinski definition) is 1. The predicted molar refractivity (Wildman–Crippen MR) is 175 cm³/mol. The Morgan fingerprint density at radius 2 is 1.92 bits per heavy atom. The fourth-order valence-corrected chi connectivity index (χ4v) is 8.59. The molecule has 5 fully saturated rings. The maximum atomic E-state index is 17.0. The van der Waals surface area contributed by atoms with Gasteiger partial charge in [0.1, 0.15) is 28.7 Å². The molecular weight excluding hydrogens is 621 g/mol. The van der Waals surface area contributed by atoms with Crippen LogP contribution in [0.25, 0.3) is 32.8 Å². The van der Waals surface area contributed by atoms with Crippen LogP contribution >= 0.6 is 0 Å². The first kappa shape index (κ1) is 30.4. The molecule has 5 aliphatic rings. The van der Waals surface area contributed by atoms with E-state index >= 15 is 13.2 Å². The molecule has 4 saturated heterocycles. The number of halogens is 3. The van der Waals surface area contributed by atoms with Crippen molar-refractivity contribution in [1.29, 1.82) is 0 Å². The molecule has 3 aromatic carbocycles. The van der Waals surface area contributed by atoms with Gasteiger partial charge in [-0.2, -0.15) is 9.97 Å². The highest BCUT2D eigenvalue weighted by molar-refractivity contribution is 6.03. The van der Waals surface area contributed by atoms with Crippen LogP contribution in [0.15, 0.2) is 30.3 Å². The zero-order valence-electron chi connectivity index (χ0n) is 27.0. The van der Waals surface area contributed by atoms with Gasteiger partial charge >= 0.3 is 6.01 Å². The number of piperidine rings is 1. The van der Waals surface area contributed by atoms with Gasteiger partial charge in [-0.25, -0.2) is 13.2 Å². The van der Waals surface area contributed by atoms with Gasteiger partial charge in [0.2, 0.25) is 0 Å². The Kier molecular flexibility index (Phi) is 7.08. The standard InChI is InChI=1S/C37H39F3N4O4/c1-2-25-28(38)5-4-21-12-23(45)14-26(30(21)25)31-29(39)15-27-33(32(31)40)41-35(42-34(27)43-10-3-6-37(19-43)9-11-48-37)47-20-36(7-8-36)18-44-16-24-13-22(44)17-46-24/h4-5,12,14-15,22,24,45H,2-3,6-11,13,16-20H2,1H3/t22-,24-,37?/m1/s1. The number of fused-ring (bicyclic) bond motifs is 4. The largest absolute Gasteiger partial charge is 0.508 e. The smallest absolute Gasteiger partial charge is 0.319 e. The third kappa shape index (κ3) is 4.99. The highest BCUT2D eigenvalue weighted by Crippen LogP contribution is 2.49. The second-order valence-corrected chi connectivity index (χ2v) is 14.6. The van der Waals surface area contributed by atoms with Gasteiger partial charge in [-0.05, 0) is 84.7 Å². The molecule has 1 aromatic heterocycles. The van der Waals surface area contributed by atoms with Gasteiger partial charge in [0, 0.05) is 49.4 Å². The fraction of sp³-hybridized carbons (Fsp3) is 0.514. The van der Waals surface area contributed by atoms with Crippen LogP contribution in [0.1, 0.15) is 51.0 Å². The lowest BCUT2D eigenvalue weighted by Crippen LogP contribution is -2.56. The summed E-state index contributed by atoms with van der Waals surface area (Å²) in [5.74, 6) is -1.99. The maximum absolute atomic E-state index is 17.0. The van der Waals surface area contributed by atoms with Crippen molar-refractivity contribution in [2.75, 3.05) is 50.9 Å². The quantitative estimate of drug-likeness (QED) is 0.229. The van der Waals surface area contributed by atoms with Crippen molar-refractivity contribution in [3.8, 4) is 22.9 Å². The third-order valence-corrected chi connectivity index (χ3v) is 11.4. The normalized spacial score (nSPS) is 26.1. The van der Waals surface area contributed by atoms with Crippen molar-refractivity contribution < 1.29 is 32.5 Å². The van der Waals surface area contributed by atoms with E-state index in [1.165, 1.54) is 30.3 Å². The van der Waals surface area contributed by atoms with Crippen LogP contribution in [0.2, 0.25) is 0 Å². The first-order valence-corrected chi connectivity index (χ1v) is 17.3. The van der Waals surface area contributed by atoms with Gasteiger partial charge in [0.05, 0.1) is 37.1 Å². The Hall–Kier alpha value is -3.67. The summed E-state index contributed by atoms with van der Waals surface area (Å²) in [6, 6.07) is 7.36. The minimum Gasteiger partial charge on any atom is -0.508 e. The highest BCUT2D eigenvalue weighted by atomic mass is 19.1. The Morgan fingerprint density at radius 3 is 2.62 bits per heavy atom. The Balaban J connectivity index is 1.15. The van der Waals surface area contributed by atoms with Gasteiger partial charge in [0.15, 0.2) is 5.82 Å². The summed E-state index contributed by atoms with van der Waals surface area (Å²) in [4.78, 5) is 14.0. The van der Waals surface area contributed by atoms with Crippen LogP contribution in [0.3, 0.4) is 0 Å². The molecule has 48 heavy (non-hydrogen) atoms.